The molecule has 3 aromatic carbocycles. The van der Waals surface area contributed by atoms with Gasteiger partial charge in [0, 0.05) is 25.8 Å². The van der Waals surface area contributed by atoms with Crippen molar-refractivity contribution in [2.75, 3.05) is 0 Å². The van der Waals surface area contributed by atoms with Crippen molar-refractivity contribution >= 4 is 10.8 Å². The Hall–Kier alpha value is -0.950. The van der Waals surface area contributed by atoms with E-state index in [0.29, 0.717) is 5.41 Å². The minimum absolute atomic E-state index is 0. The van der Waals surface area contributed by atoms with Gasteiger partial charge in [-0.2, -0.15) is 24.3 Å². The quantitative estimate of drug-likeness (QED) is 0.145. The average Bonchev–Trinajstić information content (AvgIpc) is 3.32. The van der Waals surface area contributed by atoms with Gasteiger partial charge in [0.15, 0.2) is 0 Å². The molecule has 0 spiro atoms. The third-order valence-electron chi connectivity index (χ3n) is 5.63. The third-order valence-corrected chi connectivity index (χ3v) is 5.63. The molecular formula is C33H55Hf-9. The van der Waals surface area contributed by atoms with Crippen LogP contribution in [0, 0.1) is 57.4 Å². The van der Waals surface area contributed by atoms with Crippen molar-refractivity contribution in [3.63, 3.8) is 0 Å². The van der Waals surface area contributed by atoms with Crippen LogP contribution in [-0.2, 0) is 45.1 Å². The Morgan fingerprint density at radius 1 is 0.794 bits per heavy atom. The van der Waals surface area contributed by atoms with Gasteiger partial charge in [0.25, 0.3) is 0 Å². The predicted octanol–water partition coefficient (Wildman–Crippen LogP) is 10.8. The molecule has 0 fully saturated rings. The van der Waals surface area contributed by atoms with Crippen LogP contribution >= 0.6 is 0 Å². The summed E-state index contributed by atoms with van der Waals surface area (Å²) in [6, 6.07) is 19.7. The molecular weight excluding hydrogens is 575 g/mol. The van der Waals surface area contributed by atoms with E-state index in [4.69, 9.17) is 0 Å². The Morgan fingerprint density at radius 2 is 1.32 bits per heavy atom. The summed E-state index contributed by atoms with van der Waals surface area (Å²) in [6.07, 6.45) is 10.6. The second-order valence-corrected chi connectivity index (χ2v) is 8.71. The molecule has 200 valence electrons. The average molecular weight is 630 g/mol. The first-order chi connectivity index (χ1) is 12.6. The minimum atomic E-state index is 0. The van der Waals surface area contributed by atoms with Crippen LogP contribution in [0.1, 0.15) is 69.6 Å². The van der Waals surface area contributed by atoms with E-state index >= 15 is 0 Å². The molecule has 0 amide bonds. The van der Waals surface area contributed by atoms with Crippen molar-refractivity contribution in [1.29, 1.82) is 0 Å². The summed E-state index contributed by atoms with van der Waals surface area (Å²) in [4.78, 5) is 0. The maximum Gasteiger partial charge on any atom is 0 e. The molecule has 3 aromatic rings. The summed E-state index contributed by atoms with van der Waals surface area (Å²) in [5.74, 6) is 0. The first-order valence-corrected chi connectivity index (χ1v) is 10.5. The van der Waals surface area contributed by atoms with E-state index < -0.39 is 0 Å². The smallest absolute Gasteiger partial charge is 0 e. The van der Waals surface area contributed by atoms with Gasteiger partial charge in [-0.1, -0.05) is 70.4 Å². The topological polar surface area (TPSA) is 0 Å². The third kappa shape index (κ3) is 13.2. The summed E-state index contributed by atoms with van der Waals surface area (Å²) in [5, 5.41) is 3.00. The number of hydrogen-bond acceptors (Lipinski definition) is 0. The summed E-state index contributed by atoms with van der Waals surface area (Å²) in [5.41, 5.74) is 5.23. The molecule has 0 bridgehead atoms. The summed E-state index contributed by atoms with van der Waals surface area (Å²) < 4.78 is 0. The second-order valence-electron chi connectivity index (χ2n) is 8.71. The van der Waals surface area contributed by atoms with E-state index in [9.17, 15) is 0 Å². The molecule has 1 aliphatic carbocycles. The summed E-state index contributed by atoms with van der Waals surface area (Å²) in [6.45, 7) is 7.07. The van der Waals surface area contributed by atoms with Crippen LogP contribution in [-0.4, -0.2) is 0 Å². The molecule has 0 radical (unpaired) electrons. The van der Waals surface area contributed by atoms with E-state index in [2.05, 4.69) is 45.0 Å². The molecule has 0 N–H and O–H groups in total. The molecule has 1 heteroatoms. The van der Waals surface area contributed by atoms with Crippen molar-refractivity contribution in [2.45, 2.75) is 72.1 Å². The number of rotatable bonds is 6. The van der Waals surface area contributed by atoms with Crippen LogP contribution in [0.5, 0.6) is 0 Å². The van der Waals surface area contributed by atoms with Crippen molar-refractivity contribution in [3.8, 4) is 0 Å². The number of hydrogen-bond donors (Lipinski definition) is 0. The summed E-state index contributed by atoms with van der Waals surface area (Å²) >= 11 is 0. The molecule has 0 saturated carbocycles. The number of unbranched alkanes of at least 4 members (excludes halogenated alkanes) is 4. The van der Waals surface area contributed by atoms with Crippen molar-refractivity contribution in [3.05, 3.63) is 123 Å². The monoisotopic (exact) mass is 631 g/mol. The summed E-state index contributed by atoms with van der Waals surface area (Å²) in [7, 11) is 0. The van der Waals surface area contributed by atoms with Gasteiger partial charge in [-0.25, -0.2) is 12.1 Å². The van der Waals surface area contributed by atoms with Gasteiger partial charge < -0.3 is 52.0 Å². The molecule has 0 saturated heterocycles. The van der Waals surface area contributed by atoms with Gasteiger partial charge in [-0.15, -0.1) is 34.5 Å². The van der Waals surface area contributed by atoms with Crippen LogP contribution in [0.2, 0.25) is 0 Å². The maximum atomic E-state index is 2.50. The fraction of sp³-hybridized carbons (Fsp3) is 0.364. The number of aryl methyl sites for hydroxylation is 1. The van der Waals surface area contributed by atoms with E-state index in [1.54, 1.807) is 16.7 Å². The van der Waals surface area contributed by atoms with Crippen molar-refractivity contribution < 1.29 is 25.8 Å². The van der Waals surface area contributed by atoms with Gasteiger partial charge >= 0.3 is 0 Å². The first-order valence-electron chi connectivity index (χ1n) is 10.5. The van der Waals surface area contributed by atoms with E-state index in [-0.39, 0.29) is 77.8 Å². The second kappa shape index (κ2) is 22.5. The normalized spacial score (nSPS) is 11.4. The minimum Gasteiger partial charge on any atom is -0.358 e. The van der Waals surface area contributed by atoms with Crippen LogP contribution in [0.3, 0.4) is 0 Å². The predicted molar refractivity (Wildman–Crippen MR) is 160 cm³/mol. The molecule has 0 aliphatic heterocycles. The zero-order valence-corrected chi connectivity index (χ0v) is 27.9. The standard InChI is InChI=1S/C21H29.C5H5.7CH3.Hf/c1-4-5-6-7-8-9-16-10-11-17-12-18-14-21(2,3)15-19(18)13-20(16)17;1-2-4-5-3-1;;;;;;;;/h10-13H,4-9,14-15H2,1-3H3;1-5H;7*1H3;/q9*-1;. The molecule has 34 heavy (non-hydrogen) atoms. The molecule has 0 heterocycles. The Bertz CT molecular complexity index is 772. The van der Waals surface area contributed by atoms with Crippen LogP contribution in [0.25, 0.3) is 10.8 Å². The van der Waals surface area contributed by atoms with E-state index in [1.807, 2.05) is 30.3 Å². The van der Waals surface area contributed by atoms with Crippen molar-refractivity contribution in [2.24, 2.45) is 5.41 Å². The van der Waals surface area contributed by atoms with Gasteiger partial charge in [0.05, 0.1) is 0 Å². The Balaban J connectivity index is -0.000000136. The Labute approximate surface area is 236 Å². The zero-order chi connectivity index (χ0) is 18.4. The number of fused-ring (bicyclic) bond motifs is 2. The van der Waals surface area contributed by atoms with Crippen LogP contribution in [0.15, 0.2) is 54.6 Å². The van der Waals surface area contributed by atoms with Crippen LogP contribution in [0.4, 0.5) is 0 Å². The fourth-order valence-electron chi connectivity index (χ4n) is 4.29. The molecule has 1 aliphatic rings. The molecule has 0 atom stereocenters. The van der Waals surface area contributed by atoms with Gasteiger partial charge in [-0.05, 0) is 18.3 Å². The Kier molecular flexibility index (Phi) is 30.7. The first kappa shape index (κ1) is 46.4. The largest absolute Gasteiger partial charge is 0.358 e. The van der Waals surface area contributed by atoms with Crippen LogP contribution < -0.4 is 0 Å². The van der Waals surface area contributed by atoms with E-state index in [0.717, 1.165) is 0 Å². The molecule has 0 aromatic heterocycles. The zero-order valence-electron chi connectivity index (χ0n) is 24.4. The number of benzene rings is 1. The molecule has 0 unspecified atom stereocenters. The van der Waals surface area contributed by atoms with Gasteiger partial charge in [0.2, 0.25) is 0 Å². The fourth-order valence-corrected chi connectivity index (χ4v) is 4.29. The van der Waals surface area contributed by atoms with Crippen molar-refractivity contribution in [1.82, 2.24) is 0 Å². The maximum absolute atomic E-state index is 2.50. The molecule has 0 nitrogen and oxygen atoms in total. The Morgan fingerprint density at radius 3 is 1.82 bits per heavy atom. The molecule has 4 rings (SSSR count). The van der Waals surface area contributed by atoms with Gasteiger partial charge in [0.1, 0.15) is 0 Å². The van der Waals surface area contributed by atoms with E-state index in [1.165, 1.54) is 62.1 Å². The SMILES string of the molecule is CCCCCCC[c-]1ccc2cc3c(cc21)CC(C)(C)C3.[CH3-].[CH3-].[CH3-].[CH3-].[CH3-].[CH3-].[CH3-].[Hf].c1cc[cH-]c1. The van der Waals surface area contributed by atoms with Gasteiger partial charge in [-0.3, -0.25) is 0 Å².